The van der Waals surface area contributed by atoms with Crippen LogP contribution in [0.15, 0.2) is 61.2 Å². The maximum absolute atomic E-state index is 10.2. The Morgan fingerprint density at radius 1 is 0.788 bits per heavy atom. The number of aromatic carboxylic acids is 1. The smallest absolute Gasteiger partial charge is 0.753 e. The predicted octanol–water partition coefficient (Wildman–Crippen LogP) is 5.51. The molecule has 0 fully saturated rings. The molecule has 8 nitrogen and oxygen atoms in total. The van der Waals surface area contributed by atoms with E-state index >= 15 is 0 Å². The van der Waals surface area contributed by atoms with Gasteiger partial charge in [-0.25, -0.2) is 4.79 Å². The van der Waals surface area contributed by atoms with Crippen LogP contribution < -0.4 is 0 Å². The van der Waals surface area contributed by atoms with Crippen LogP contribution in [0, 0.1) is 13.8 Å². The summed E-state index contributed by atoms with van der Waals surface area (Å²) in [6.07, 6.45) is 6.52. The first-order valence-corrected chi connectivity index (χ1v) is 9.56. The molecule has 0 aromatic carbocycles. The number of nitrogens with zero attached hydrogens (tertiary/aromatic N) is 6. The molecule has 0 amide bonds. The van der Waals surface area contributed by atoms with Gasteiger partial charge in [0.1, 0.15) is 0 Å². The third kappa shape index (κ3) is 19.4. The van der Waals surface area contributed by atoms with Crippen molar-refractivity contribution in [3.63, 3.8) is 0 Å². The molecule has 0 unspecified atom stereocenters. The second-order valence-electron chi connectivity index (χ2n) is 5.25. The van der Waals surface area contributed by atoms with Crippen molar-refractivity contribution >= 4 is 58.1 Å². The molecule has 0 atom stereocenters. The number of rotatable bonds is 2. The van der Waals surface area contributed by atoms with Crippen molar-refractivity contribution in [1.82, 2.24) is 15.0 Å². The Labute approximate surface area is 220 Å². The first kappa shape index (κ1) is 34.6. The van der Waals surface area contributed by atoms with E-state index in [-0.39, 0.29) is 25.0 Å². The van der Waals surface area contributed by atoms with Crippen LogP contribution >= 0.6 is 36.7 Å². The van der Waals surface area contributed by atoms with Crippen LogP contribution in [-0.2, 0) is 19.5 Å². The van der Waals surface area contributed by atoms with E-state index in [0.29, 0.717) is 0 Å². The van der Waals surface area contributed by atoms with Crippen LogP contribution in [0.5, 0.6) is 0 Å². The van der Waals surface area contributed by atoms with Gasteiger partial charge in [-0.15, -0.1) is 0 Å². The quantitative estimate of drug-likeness (QED) is 0.237. The summed E-state index contributed by atoms with van der Waals surface area (Å²) in [7, 11) is 0. The number of thiocarbonyl (C=S) groups is 3. The van der Waals surface area contributed by atoms with Crippen molar-refractivity contribution in [3.8, 4) is 11.4 Å². The Morgan fingerprint density at radius 3 is 1.36 bits per heavy atom. The largest absolute Gasteiger partial charge is 3.00 e. The van der Waals surface area contributed by atoms with Crippen LogP contribution in [0.1, 0.15) is 21.5 Å². The van der Waals surface area contributed by atoms with Gasteiger partial charge >= 0.3 is 25.4 Å². The second kappa shape index (κ2) is 23.6. The van der Waals surface area contributed by atoms with Gasteiger partial charge in [0.05, 0.1) is 17.0 Å². The number of hydrogen-bond donors (Lipinski definition) is 1. The molecule has 0 saturated heterocycles. The summed E-state index contributed by atoms with van der Waals surface area (Å²) < 4.78 is 0. The second-order valence-corrected chi connectivity index (χ2v) is 5.80. The first-order valence-electron chi connectivity index (χ1n) is 8.33. The van der Waals surface area contributed by atoms with E-state index < -0.39 is 5.97 Å². The van der Waals surface area contributed by atoms with E-state index in [0.717, 1.165) is 11.4 Å². The van der Waals surface area contributed by atoms with Gasteiger partial charge in [0.15, 0.2) is 0 Å². The summed E-state index contributed by atoms with van der Waals surface area (Å²) in [5, 5.41) is 33.8. The Balaban J connectivity index is -0.000000409. The summed E-state index contributed by atoms with van der Waals surface area (Å²) in [4.78, 5) is 22.4. The zero-order chi connectivity index (χ0) is 24.8. The Kier molecular flexibility index (Phi) is 24.7. The van der Waals surface area contributed by atoms with Crippen LogP contribution in [-0.4, -0.2) is 41.5 Å². The molecule has 3 aromatic heterocycles. The molecule has 0 spiro atoms. The maximum atomic E-state index is 10.2. The van der Waals surface area contributed by atoms with E-state index in [1.54, 1.807) is 0 Å². The molecule has 3 rings (SSSR count). The van der Waals surface area contributed by atoms with Gasteiger partial charge < -0.3 is 21.3 Å². The van der Waals surface area contributed by atoms with Crippen LogP contribution in [0.3, 0.4) is 0 Å². The molecule has 0 saturated carbocycles. The Hall–Kier alpha value is -3.06. The number of aryl methyl sites for hydroxylation is 2. The van der Waals surface area contributed by atoms with Crippen LogP contribution in [0.25, 0.3) is 27.6 Å². The third-order valence-corrected chi connectivity index (χ3v) is 3.02. The van der Waals surface area contributed by atoms with Gasteiger partial charge in [-0.05, 0) is 61.4 Å². The summed E-state index contributed by atoms with van der Waals surface area (Å²) in [6.45, 7) is 4.11. The van der Waals surface area contributed by atoms with E-state index in [9.17, 15) is 4.79 Å². The van der Waals surface area contributed by atoms with E-state index in [1.165, 1.54) is 51.1 Å². The van der Waals surface area contributed by atoms with Crippen LogP contribution in [0.4, 0.5) is 0 Å². The molecule has 12 heteroatoms. The minimum absolute atomic E-state index is 0. The molecule has 0 aliphatic rings. The fraction of sp³-hybridized carbons (Fsp3) is 0.0952. The van der Waals surface area contributed by atoms with Crippen molar-refractivity contribution in [1.29, 1.82) is 0 Å². The number of hydrogen-bond acceptors (Lipinski definition) is 7. The molecular weight excluding hydrogens is 566 g/mol. The molecule has 3 heterocycles. The maximum Gasteiger partial charge on any atom is 3.00 e. The van der Waals surface area contributed by atoms with Crippen molar-refractivity contribution in [2.45, 2.75) is 13.8 Å². The average molecular weight is 583 g/mol. The summed E-state index contributed by atoms with van der Waals surface area (Å²) in [5.74, 6) is -0.919. The third-order valence-electron chi connectivity index (χ3n) is 3.02. The van der Waals surface area contributed by atoms with Gasteiger partial charge in [0.2, 0.25) is 0 Å². The minimum Gasteiger partial charge on any atom is -0.753 e. The van der Waals surface area contributed by atoms with Gasteiger partial charge in [0, 0.05) is 24.8 Å². The molecule has 0 aliphatic carbocycles. The molecule has 33 heavy (non-hydrogen) atoms. The van der Waals surface area contributed by atoms with Crippen molar-refractivity contribution in [2.24, 2.45) is 0 Å². The number of pyridine rings is 3. The van der Waals surface area contributed by atoms with E-state index in [2.05, 4.69) is 65.5 Å². The van der Waals surface area contributed by atoms with Crippen molar-refractivity contribution in [2.75, 3.05) is 0 Å². The molecule has 169 valence electrons. The van der Waals surface area contributed by atoms with Crippen LogP contribution in [0.2, 0.25) is 0 Å². The fourth-order valence-corrected chi connectivity index (χ4v) is 1.85. The zero-order valence-electron chi connectivity index (χ0n) is 17.4. The molecule has 0 bridgehead atoms. The fourth-order valence-electron chi connectivity index (χ4n) is 1.85. The van der Waals surface area contributed by atoms with E-state index in [4.69, 9.17) is 21.3 Å². The Morgan fingerprint density at radius 2 is 1.12 bits per heavy atom. The molecule has 3 aromatic rings. The molecule has 0 aliphatic heterocycles. The number of carboxylic acids is 1. The zero-order valence-corrected chi connectivity index (χ0v) is 21.6. The SMILES string of the molecule is Cc1ccnc(-c2cc(C)ccn2)c1.O=C(O)c1ccncc1.[N-]=C=S.[N-]=C=S.[N-]=C=S.[Ru+3]. The molecular formula is C21H17N6O2RuS3. The van der Waals surface area contributed by atoms with Gasteiger partial charge in [-0.1, -0.05) is 36.7 Å². The number of isothiocyanates is 3. The number of aromatic nitrogens is 3. The van der Waals surface area contributed by atoms with Gasteiger partial charge in [0.25, 0.3) is 0 Å². The first-order chi connectivity index (χ1) is 15.3. The van der Waals surface area contributed by atoms with Crippen molar-refractivity contribution < 1.29 is 29.4 Å². The summed E-state index contributed by atoms with van der Waals surface area (Å²) >= 11 is 11.1. The predicted molar refractivity (Wildman–Crippen MR) is 136 cm³/mol. The normalized spacial score (nSPS) is 7.45. The van der Waals surface area contributed by atoms with Gasteiger partial charge in [-0.3, -0.25) is 15.0 Å². The number of carboxylic acid groups (broad SMARTS) is 1. The monoisotopic (exact) mass is 583 g/mol. The molecule has 1 radical (unpaired) electrons. The number of carbonyl (C=O) groups is 1. The van der Waals surface area contributed by atoms with E-state index in [1.807, 2.05) is 36.7 Å². The van der Waals surface area contributed by atoms with Gasteiger partial charge in [-0.2, -0.15) is 15.5 Å². The average Bonchev–Trinajstić information content (AvgIpc) is 2.77. The Bertz CT molecular complexity index is 994. The van der Waals surface area contributed by atoms with Crippen molar-refractivity contribution in [3.05, 3.63) is 94.1 Å². The topological polar surface area (TPSA) is 143 Å². The molecule has 1 N–H and O–H groups in total. The standard InChI is InChI=1S/C12H12N2.C6H5NO2.3CNS.Ru/c1-9-3-5-13-11(7-9)12-8-10(2)4-6-14-12;8-6(9)5-1-3-7-4-2-5;3*2-1-3;/h3-8H,1-2H3;1-4H,(H,8,9);;;;/q;;3*-1;+3. The minimum atomic E-state index is -0.919. The summed E-state index contributed by atoms with van der Waals surface area (Å²) in [6, 6.07) is 11.0. The summed E-state index contributed by atoms with van der Waals surface area (Å²) in [5.41, 5.74) is 4.56.